The quantitative estimate of drug-likeness (QED) is 0.699. The number of hydrogen-bond acceptors (Lipinski definition) is 4. The number of ether oxygens (including phenoxy) is 1. The summed E-state index contributed by atoms with van der Waals surface area (Å²) >= 11 is 0. The van der Waals surface area contributed by atoms with Crippen molar-refractivity contribution in [1.29, 1.82) is 0 Å². The van der Waals surface area contributed by atoms with E-state index >= 15 is 0 Å². The van der Waals surface area contributed by atoms with Crippen molar-refractivity contribution in [1.82, 2.24) is 0 Å². The van der Waals surface area contributed by atoms with E-state index in [-0.39, 0.29) is 16.8 Å². The Labute approximate surface area is 179 Å². The second-order valence-corrected chi connectivity index (χ2v) is 11.9. The van der Waals surface area contributed by atoms with Crippen molar-refractivity contribution in [3.63, 3.8) is 0 Å². The van der Waals surface area contributed by atoms with Gasteiger partial charge < -0.3 is 9.84 Å². The summed E-state index contributed by atoms with van der Waals surface area (Å²) < 4.78 is 5.17. The molecular weight excluding hydrogens is 376 g/mol. The van der Waals surface area contributed by atoms with Crippen LogP contribution in [0.15, 0.2) is 11.6 Å². The minimum absolute atomic E-state index is 0.0799. The Morgan fingerprint density at radius 3 is 2.77 bits per heavy atom. The maximum absolute atomic E-state index is 12.2. The molecule has 4 nitrogen and oxygen atoms in total. The number of hydrogen-bond donors (Lipinski definition) is 1. The summed E-state index contributed by atoms with van der Waals surface area (Å²) in [6.07, 6.45) is 9.25. The van der Waals surface area contributed by atoms with E-state index in [1.807, 2.05) is 13.0 Å². The first-order valence-electron chi connectivity index (χ1n) is 12.4. The molecule has 0 radical (unpaired) electrons. The number of fused-ring (bicyclic) bond motifs is 10. The van der Waals surface area contributed by atoms with E-state index in [0.29, 0.717) is 67.2 Å². The maximum Gasteiger partial charge on any atom is 0.305 e. The second-order valence-electron chi connectivity index (χ2n) is 11.9. The lowest BCUT2D eigenvalue weighted by Crippen LogP contribution is -2.57. The molecule has 4 heteroatoms. The van der Waals surface area contributed by atoms with E-state index in [2.05, 4.69) is 13.8 Å². The normalized spacial score (nSPS) is 54.7. The minimum Gasteiger partial charge on any atom is -0.466 e. The molecule has 0 amide bonds. The highest BCUT2D eigenvalue weighted by molar-refractivity contribution is 5.92. The molecule has 3 unspecified atom stereocenters. The van der Waals surface area contributed by atoms with Crippen LogP contribution in [0.3, 0.4) is 0 Å². The van der Waals surface area contributed by atoms with Crippen molar-refractivity contribution in [3.05, 3.63) is 11.6 Å². The standard InChI is InChI=1S/C26H36O4/c1-4-30-21(28)7-10-26(29)20-13-17(20)23-22-16-12-15(16)19-11-14(27)5-8-24(19,2)18(22)6-9-25(23,26)3/h11,15-18,20,22-23,29H,4-10,12-13H2,1-3H3/t15-,16+,17-,18?,20+,22?,23?,24-,25+,26+/m1/s1. The Hall–Kier alpha value is -1.16. The molecule has 0 aromatic carbocycles. The fraction of sp³-hybridized carbons (Fsp3) is 0.846. The molecule has 1 N–H and O–H groups in total. The van der Waals surface area contributed by atoms with Crippen molar-refractivity contribution in [3.8, 4) is 0 Å². The highest BCUT2D eigenvalue weighted by atomic mass is 16.5. The Balaban J connectivity index is 1.32. The Morgan fingerprint density at radius 1 is 1.20 bits per heavy atom. The van der Waals surface area contributed by atoms with Gasteiger partial charge in [-0.25, -0.2) is 0 Å². The van der Waals surface area contributed by atoms with Gasteiger partial charge in [-0.15, -0.1) is 0 Å². The SMILES string of the molecule is CCOC(=O)CC[C@]1(O)[C@H]2C[C@H]2C2C3C(CC[C@@]21C)[C@@]1(C)CCC(=O)C=C1[C@@H]1C[C@H]31. The lowest BCUT2D eigenvalue weighted by Gasteiger charge is -2.60. The number of carbonyl (C=O) groups excluding carboxylic acids is 2. The molecule has 0 aliphatic heterocycles. The number of carbonyl (C=O) groups is 2. The zero-order chi connectivity index (χ0) is 21.1. The molecule has 0 heterocycles. The molecular formula is C26H36O4. The fourth-order valence-electron chi connectivity index (χ4n) is 9.51. The lowest BCUT2D eigenvalue weighted by molar-refractivity contribution is -0.162. The lowest BCUT2D eigenvalue weighted by atomic mass is 9.45. The fourth-order valence-corrected chi connectivity index (χ4v) is 9.51. The first-order chi connectivity index (χ1) is 14.2. The largest absolute Gasteiger partial charge is 0.466 e. The van der Waals surface area contributed by atoms with Gasteiger partial charge in [0.25, 0.3) is 0 Å². The first kappa shape index (κ1) is 19.5. The van der Waals surface area contributed by atoms with Crippen LogP contribution in [0.2, 0.25) is 0 Å². The molecule has 0 bridgehead atoms. The second kappa shape index (κ2) is 5.99. The van der Waals surface area contributed by atoms with Crippen LogP contribution in [0, 0.1) is 52.3 Å². The predicted molar refractivity (Wildman–Crippen MR) is 112 cm³/mol. The summed E-state index contributed by atoms with van der Waals surface area (Å²) in [6, 6.07) is 0. The van der Waals surface area contributed by atoms with E-state index in [1.165, 1.54) is 12.0 Å². The van der Waals surface area contributed by atoms with Gasteiger partial charge in [-0.2, -0.15) is 0 Å². The van der Waals surface area contributed by atoms with Crippen LogP contribution in [0.5, 0.6) is 0 Å². The van der Waals surface area contributed by atoms with Crippen LogP contribution in [-0.4, -0.2) is 29.1 Å². The van der Waals surface area contributed by atoms with Gasteiger partial charge in [0.15, 0.2) is 5.78 Å². The third-order valence-electron chi connectivity index (χ3n) is 10.9. The van der Waals surface area contributed by atoms with E-state index < -0.39 is 5.60 Å². The third kappa shape index (κ3) is 2.27. The molecule has 6 aliphatic carbocycles. The molecule has 10 atom stereocenters. The molecule has 0 saturated heterocycles. The summed E-state index contributed by atoms with van der Waals surface area (Å²) in [7, 11) is 0. The predicted octanol–water partition coefficient (Wildman–Crippen LogP) is 4.30. The molecule has 6 rings (SSSR count). The third-order valence-corrected chi connectivity index (χ3v) is 10.9. The van der Waals surface area contributed by atoms with E-state index in [4.69, 9.17) is 4.74 Å². The van der Waals surface area contributed by atoms with E-state index in [1.54, 1.807) is 0 Å². The Morgan fingerprint density at radius 2 is 2.00 bits per heavy atom. The Kier molecular flexibility index (Phi) is 3.90. The van der Waals surface area contributed by atoms with Gasteiger partial charge >= 0.3 is 5.97 Å². The van der Waals surface area contributed by atoms with Crippen molar-refractivity contribution in [2.24, 2.45) is 52.3 Å². The van der Waals surface area contributed by atoms with Crippen LogP contribution < -0.4 is 0 Å². The van der Waals surface area contributed by atoms with Gasteiger partial charge in [-0.1, -0.05) is 19.4 Å². The highest BCUT2D eigenvalue weighted by Gasteiger charge is 2.78. The molecule has 0 aromatic heterocycles. The summed E-state index contributed by atoms with van der Waals surface area (Å²) in [5, 5.41) is 12.0. The summed E-state index contributed by atoms with van der Waals surface area (Å²) in [4.78, 5) is 24.3. The smallest absolute Gasteiger partial charge is 0.305 e. The van der Waals surface area contributed by atoms with Crippen molar-refractivity contribution >= 4 is 11.8 Å². The number of esters is 1. The van der Waals surface area contributed by atoms with Crippen LogP contribution in [-0.2, 0) is 14.3 Å². The summed E-state index contributed by atoms with van der Waals surface area (Å²) in [5.41, 5.74) is 0.873. The van der Waals surface area contributed by atoms with E-state index in [9.17, 15) is 14.7 Å². The van der Waals surface area contributed by atoms with Crippen LogP contribution in [0.25, 0.3) is 0 Å². The highest BCUT2D eigenvalue weighted by Crippen LogP contribution is 2.81. The molecule has 0 aromatic rings. The van der Waals surface area contributed by atoms with Gasteiger partial charge in [0.2, 0.25) is 0 Å². The molecule has 30 heavy (non-hydrogen) atoms. The molecule has 0 spiro atoms. The number of allylic oxidation sites excluding steroid dienone is 1. The van der Waals surface area contributed by atoms with Gasteiger partial charge in [0.05, 0.1) is 12.2 Å². The van der Waals surface area contributed by atoms with Crippen LogP contribution in [0.1, 0.15) is 72.1 Å². The van der Waals surface area contributed by atoms with E-state index in [0.717, 1.165) is 31.6 Å². The van der Waals surface area contributed by atoms with Crippen molar-refractivity contribution < 1.29 is 19.4 Å². The van der Waals surface area contributed by atoms with Crippen molar-refractivity contribution in [2.75, 3.05) is 6.61 Å². The molecule has 6 aliphatic rings. The number of ketones is 1. The topological polar surface area (TPSA) is 63.6 Å². The zero-order valence-corrected chi connectivity index (χ0v) is 18.7. The minimum atomic E-state index is -0.718. The van der Waals surface area contributed by atoms with Crippen molar-refractivity contribution in [2.45, 2.75) is 77.7 Å². The van der Waals surface area contributed by atoms with Gasteiger partial charge in [-0.3, -0.25) is 9.59 Å². The van der Waals surface area contributed by atoms with Gasteiger partial charge in [0, 0.05) is 12.8 Å². The monoisotopic (exact) mass is 412 g/mol. The van der Waals surface area contributed by atoms with Gasteiger partial charge in [-0.05, 0) is 104 Å². The summed E-state index contributed by atoms with van der Waals surface area (Å²) in [6.45, 7) is 7.05. The molecule has 5 fully saturated rings. The average molecular weight is 413 g/mol. The Bertz CT molecular complexity index is 846. The maximum atomic E-state index is 12.2. The molecule has 164 valence electrons. The van der Waals surface area contributed by atoms with Gasteiger partial charge in [0.1, 0.15) is 0 Å². The average Bonchev–Trinajstić information content (AvgIpc) is 3.60. The first-order valence-corrected chi connectivity index (χ1v) is 12.4. The van der Waals surface area contributed by atoms with Crippen LogP contribution in [0.4, 0.5) is 0 Å². The number of rotatable bonds is 4. The number of aliphatic hydroxyl groups is 1. The molecule has 5 saturated carbocycles. The zero-order valence-electron chi connectivity index (χ0n) is 18.7. The van der Waals surface area contributed by atoms with Crippen LogP contribution >= 0.6 is 0 Å². The summed E-state index contributed by atoms with van der Waals surface area (Å²) in [5.74, 6) is 4.45.